The predicted molar refractivity (Wildman–Crippen MR) is 58.4 cm³/mol. The number of nitrogens with zero attached hydrogens (tertiary/aromatic N) is 2. The van der Waals surface area contributed by atoms with Gasteiger partial charge in [0.1, 0.15) is 10.6 Å². The van der Waals surface area contributed by atoms with Gasteiger partial charge in [0.2, 0.25) is 0 Å². The minimum absolute atomic E-state index is 0.00991. The van der Waals surface area contributed by atoms with E-state index in [0.717, 1.165) is 4.47 Å². The van der Waals surface area contributed by atoms with E-state index in [4.69, 9.17) is 10.6 Å². The van der Waals surface area contributed by atoms with Crippen molar-refractivity contribution >= 4 is 15.9 Å². The highest BCUT2D eigenvalue weighted by atomic mass is 32.2. The SMILES string of the molecule is Cn1cc(S(=O)(=O)N2CCCO2)cc1C(N)=O. The molecular formula is C9H13N3O4S. The van der Waals surface area contributed by atoms with Crippen LogP contribution in [0.3, 0.4) is 0 Å². The highest BCUT2D eigenvalue weighted by Gasteiger charge is 2.30. The van der Waals surface area contributed by atoms with Gasteiger partial charge in [-0.25, -0.2) is 8.42 Å². The molecule has 2 rings (SSSR count). The van der Waals surface area contributed by atoms with Crippen LogP contribution in [0.2, 0.25) is 0 Å². The average Bonchev–Trinajstić information content (AvgIpc) is 2.84. The fourth-order valence-corrected chi connectivity index (χ4v) is 3.02. The maximum absolute atomic E-state index is 12.1. The maximum Gasteiger partial charge on any atom is 0.266 e. The van der Waals surface area contributed by atoms with Gasteiger partial charge in [0.25, 0.3) is 15.9 Å². The number of primary amides is 1. The minimum Gasteiger partial charge on any atom is -0.364 e. The van der Waals surface area contributed by atoms with Crippen LogP contribution < -0.4 is 5.73 Å². The van der Waals surface area contributed by atoms with Gasteiger partial charge in [-0.2, -0.15) is 0 Å². The van der Waals surface area contributed by atoms with Gasteiger partial charge in [0.05, 0.1) is 6.61 Å². The first-order valence-corrected chi connectivity index (χ1v) is 6.49. The Labute approximate surface area is 98.8 Å². The van der Waals surface area contributed by atoms with Gasteiger partial charge in [-0.15, -0.1) is 0 Å². The number of carbonyl (C=O) groups excluding carboxylic acids is 1. The molecule has 1 amide bonds. The Hall–Kier alpha value is -1.38. The summed E-state index contributed by atoms with van der Waals surface area (Å²) >= 11 is 0. The number of hydroxylamine groups is 1. The minimum atomic E-state index is -3.69. The zero-order valence-electron chi connectivity index (χ0n) is 9.29. The Morgan fingerprint density at radius 2 is 2.24 bits per heavy atom. The lowest BCUT2D eigenvalue weighted by Crippen LogP contribution is -2.26. The number of rotatable bonds is 3. The van der Waals surface area contributed by atoms with Crippen LogP contribution in [-0.2, 0) is 21.9 Å². The van der Waals surface area contributed by atoms with Crippen LogP contribution in [0.25, 0.3) is 0 Å². The smallest absolute Gasteiger partial charge is 0.266 e. The van der Waals surface area contributed by atoms with E-state index in [2.05, 4.69) is 0 Å². The molecule has 1 aliphatic heterocycles. The third kappa shape index (κ3) is 2.06. The van der Waals surface area contributed by atoms with E-state index < -0.39 is 15.9 Å². The topological polar surface area (TPSA) is 94.6 Å². The summed E-state index contributed by atoms with van der Waals surface area (Å²) in [6.45, 7) is 0.706. The van der Waals surface area contributed by atoms with Crippen molar-refractivity contribution in [3.05, 3.63) is 18.0 Å². The van der Waals surface area contributed by atoms with Crippen LogP contribution in [0.5, 0.6) is 0 Å². The zero-order chi connectivity index (χ0) is 12.6. The molecule has 94 valence electrons. The number of nitrogens with two attached hydrogens (primary N) is 1. The number of sulfonamides is 1. The quantitative estimate of drug-likeness (QED) is 0.788. The van der Waals surface area contributed by atoms with Crippen LogP contribution in [0.15, 0.2) is 17.2 Å². The number of carbonyl (C=O) groups is 1. The fraction of sp³-hybridized carbons (Fsp3) is 0.444. The van der Waals surface area contributed by atoms with Crippen LogP contribution in [-0.4, -0.2) is 36.5 Å². The molecule has 0 aromatic carbocycles. The van der Waals surface area contributed by atoms with Crippen molar-refractivity contribution in [2.75, 3.05) is 13.2 Å². The predicted octanol–water partition coefficient (Wildman–Crippen LogP) is -0.550. The van der Waals surface area contributed by atoms with Gasteiger partial charge < -0.3 is 10.3 Å². The van der Waals surface area contributed by atoms with E-state index in [0.29, 0.717) is 19.6 Å². The lowest BCUT2D eigenvalue weighted by atomic mass is 10.4. The largest absolute Gasteiger partial charge is 0.364 e. The molecule has 2 N–H and O–H groups in total. The number of amides is 1. The van der Waals surface area contributed by atoms with Crippen molar-refractivity contribution in [1.29, 1.82) is 0 Å². The van der Waals surface area contributed by atoms with Gasteiger partial charge >= 0.3 is 0 Å². The third-order valence-electron chi connectivity index (χ3n) is 2.52. The second-order valence-electron chi connectivity index (χ2n) is 3.75. The summed E-state index contributed by atoms with van der Waals surface area (Å²) in [6, 6.07) is 1.25. The van der Waals surface area contributed by atoms with Gasteiger partial charge in [0, 0.05) is 19.8 Å². The number of aromatic nitrogens is 1. The Morgan fingerprint density at radius 3 is 2.71 bits per heavy atom. The van der Waals surface area contributed by atoms with Crippen molar-refractivity contribution in [3.63, 3.8) is 0 Å². The second kappa shape index (κ2) is 4.13. The Morgan fingerprint density at radius 1 is 1.53 bits per heavy atom. The maximum atomic E-state index is 12.1. The van der Waals surface area contributed by atoms with Crippen LogP contribution in [0.4, 0.5) is 0 Å². The number of hydrogen-bond acceptors (Lipinski definition) is 4. The first kappa shape index (κ1) is 12.1. The van der Waals surface area contributed by atoms with Crippen molar-refractivity contribution < 1.29 is 18.0 Å². The fourth-order valence-electron chi connectivity index (χ4n) is 1.65. The molecule has 0 atom stereocenters. The number of hydrogen-bond donors (Lipinski definition) is 1. The van der Waals surface area contributed by atoms with Gasteiger partial charge in [-0.1, -0.05) is 4.47 Å². The lowest BCUT2D eigenvalue weighted by molar-refractivity contribution is -0.0284. The highest BCUT2D eigenvalue weighted by molar-refractivity contribution is 7.89. The molecule has 1 aromatic heterocycles. The lowest BCUT2D eigenvalue weighted by Gasteiger charge is -2.12. The van der Waals surface area contributed by atoms with E-state index >= 15 is 0 Å². The standard InChI is InChI=1S/C9H13N3O4S/c1-11-6-7(5-8(11)9(10)13)17(14,15)12-3-2-4-16-12/h5-6H,2-4H2,1H3,(H2,10,13). The van der Waals surface area contributed by atoms with Gasteiger partial charge in [-0.3, -0.25) is 9.63 Å². The molecule has 8 heteroatoms. The summed E-state index contributed by atoms with van der Waals surface area (Å²) < 4.78 is 26.4. The summed E-state index contributed by atoms with van der Waals surface area (Å²) in [4.78, 5) is 16.1. The summed E-state index contributed by atoms with van der Waals surface area (Å²) in [5.41, 5.74) is 5.27. The molecule has 1 aromatic rings. The van der Waals surface area contributed by atoms with Crippen LogP contribution >= 0.6 is 0 Å². The molecule has 2 heterocycles. The molecule has 0 spiro atoms. The molecule has 1 saturated heterocycles. The monoisotopic (exact) mass is 259 g/mol. The van der Waals surface area contributed by atoms with E-state index in [-0.39, 0.29) is 10.6 Å². The van der Waals surface area contributed by atoms with E-state index in [9.17, 15) is 13.2 Å². The Bertz CT molecular complexity index is 543. The molecule has 0 unspecified atom stereocenters. The number of aryl methyl sites for hydroxylation is 1. The molecule has 7 nitrogen and oxygen atoms in total. The summed E-state index contributed by atoms with van der Waals surface area (Å²) in [6.07, 6.45) is 2.01. The first-order chi connectivity index (χ1) is 7.93. The van der Waals surface area contributed by atoms with E-state index in [1.54, 1.807) is 7.05 Å². The molecule has 1 aliphatic rings. The van der Waals surface area contributed by atoms with Crippen molar-refractivity contribution in [1.82, 2.24) is 9.04 Å². The zero-order valence-corrected chi connectivity index (χ0v) is 10.1. The molecule has 0 bridgehead atoms. The summed E-state index contributed by atoms with van der Waals surface area (Å²) in [5.74, 6) is -0.670. The molecule has 1 fully saturated rings. The molecule has 0 radical (unpaired) electrons. The second-order valence-corrected chi connectivity index (χ2v) is 5.58. The van der Waals surface area contributed by atoms with Crippen LogP contribution in [0, 0.1) is 0 Å². The normalized spacial score (nSPS) is 17.5. The van der Waals surface area contributed by atoms with Gasteiger partial charge in [-0.05, 0) is 12.5 Å². The Kier molecular flexibility index (Phi) is 2.94. The van der Waals surface area contributed by atoms with Crippen LogP contribution in [0.1, 0.15) is 16.9 Å². The highest BCUT2D eigenvalue weighted by Crippen LogP contribution is 2.21. The molecular weight excluding hydrogens is 246 g/mol. The molecule has 0 aliphatic carbocycles. The van der Waals surface area contributed by atoms with Gasteiger partial charge in [0.15, 0.2) is 0 Å². The molecule has 0 saturated carbocycles. The first-order valence-electron chi connectivity index (χ1n) is 5.05. The van der Waals surface area contributed by atoms with E-state index in [1.807, 2.05) is 0 Å². The van der Waals surface area contributed by atoms with Crippen molar-refractivity contribution in [3.8, 4) is 0 Å². The van der Waals surface area contributed by atoms with Crippen molar-refractivity contribution in [2.45, 2.75) is 11.3 Å². The summed E-state index contributed by atoms with van der Waals surface area (Å²) in [5, 5.41) is 0. The summed E-state index contributed by atoms with van der Waals surface area (Å²) in [7, 11) is -2.13. The third-order valence-corrected chi connectivity index (χ3v) is 4.16. The Balaban J connectivity index is 2.40. The average molecular weight is 259 g/mol. The van der Waals surface area contributed by atoms with Crippen molar-refractivity contribution in [2.24, 2.45) is 12.8 Å². The van der Waals surface area contributed by atoms with E-state index in [1.165, 1.54) is 16.8 Å². The molecule has 17 heavy (non-hydrogen) atoms.